The Balaban J connectivity index is 0.000000909. The summed E-state index contributed by atoms with van der Waals surface area (Å²) in [6, 6.07) is 5.12. The van der Waals surface area contributed by atoms with Gasteiger partial charge in [0.25, 0.3) is 0 Å². The monoisotopic (exact) mass is 570 g/mol. The number of nitrogens with one attached hydrogen (secondary N) is 2. The molecule has 2 aliphatic heterocycles. The van der Waals surface area contributed by atoms with E-state index in [2.05, 4.69) is 58.7 Å². The first kappa shape index (κ1) is 29.3. The van der Waals surface area contributed by atoms with Crippen molar-refractivity contribution in [3.8, 4) is 5.75 Å². The van der Waals surface area contributed by atoms with Gasteiger partial charge in [0.05, 0.1) is 23.9 Å². The molecule has 0 spiro atoms. The number of aliphatic hydroxyl groups excluding tert-OH is 1. The van der Waals surface area contributed by atoms with E-state index in [1.165, 1.54) is 58.0 Å². The summed E-state index contributed by atoms with van der Waals surface area (Å²) in [7, 11) is 0. The van der Waals surface area contributed by atoms with Gasteiger partial charge in [-0.1, -0.05) is 19.3 Å². The molecule has 3 heterocycles. The van der Waals surface area contributed by atoms with Crippen molar-refractivity contribution in [1.82, 2.24) is 19.8 Å². The molecule has 1 aliphatic carbocycles. The van der Waals surface area contributed by atoms with Crippen molar-refractivity contribution in [3.63, 3.8) is 0 Å². The van der Waals surface area contributed by atoms with Crippen LogP contribution in [0.15, 0.2) is 12.1 Å². The van der Waals surface area contributed by atoms with Crippen molar-refractivity contribution in [2.75, 3.05) is 44.6 Å². The second kappa shape index (κ2) is 15.7. The Labute approximate surface area is 246 Å². The van der Waals surface area contributed by atoms with Gasteiger partial charge in [0, 0.05) is 54.7 Å². The van der Waals surface area contributed by atoms with E-state index in [9.17, 15) is 5.11 Å². The van der Waals surface area contributed by atoms with Crippen LogP contribution >= 0.6 is 12.2 Å². The third-order valence-electron chi connectivity index (χ3n) is 8.71. The Morgan fingerprint density at radius 3 is 2.48 bits per heavy atom. The Hall–Kier alpha value is -2.16. The molecule has 3 aliphatic rings. The lowest BCUT2D eigenvalue weighted by Crippen LogP contribution is -2.42. The number of hydrogen-bond acceptors (Lipinski definition) is 9. The van der Waals surface area contributed by atoms with Gasteiger partial charge in [-0.25, -0.2) is 15.4 Å². The summed E-state index contributed by atoms with van der Waals surface area (Å²) in [6.07, 6.45) is 12.1. The highest BCUT2D eigenvalue weighted by Crippen LogP contribution is 2.35. The first-order valence-electron chi connectivity index (χ1n) is 15.8. The van der Waals surface area contributed by atoms with E-state index >= 15 is 0 Å². The minimum atomic E-state index is -0.0476. The van der Waals surface area contributed by atoms with E-state index in [0.29, 0.717) is 24.6 Å². The van der Waals surface area contributed by atoms with E-state index in [-0.39, 0.29) is 6.61 Å². The van der Waals surface area contributed by atoms with Crippen molar-refractivity contribution in [2.45, 2.75) is 103 Å². The van der Waals surface area contributed by atoms with Crippen LogP contribution < -0.4 is 10.1 Å². The lowest BCUT2D eigenvalue weighted by atomic mass is 9.88. The third-order valence-corrected chi connectivity index (χ3v) is 8.71. The van der Waals surface area contributed by atoms with Gasteiger partial charge in [0.15, 0.2) is 1.41 Å². The summed E-state index contributed by atoms with van der Waals surface area (Å²) in [5.74, 6) is 3.11. The van der Waals surface area contributed by atoms with E-state index in [0.717, 1.165) is 72.8 Å². The van der Waals surface area contributed by atoms with Crippen LogP contribution in [0, 0.1) is 5.40 Å². The first-order valence-corrected chi connectivity index (χ1v) is 15.8. The normalized spacial score (nSPS) is 19.6. The predicted molar refractivity (Wildman–Crippen MR) is 166 cm³/mol. The van der Waals surface area contributed by atoms with Gasteiger partial charge >= 0.3 is 0 Å². The molecule has 40 heavy (non-hydrogen) atoms. The van der Waals surface area contributed by atoms with Gasteiger partial charge < -0.3 is 25.0 Å². The van der Waals surface area contributed by atoms with Gasteiger partial charge in [0.1, 0.15) is 17.4 Å². The molecule has 1 aromatic carbocycles. The minimum absolute atomic E-state index is 0.0476. The zero-order valence-corrected chi connectivity index (χ0v) is 25.2. The molecule has 5 rings (SSSR count). The SMILES string of the molecule is CC(C)N1CCC(Nc2nc(C3CCCCC3)nc3cc(OCCCN4CCCC4)c(CO)cc23)CC1.[3H]N=C=S. The molecule has 0 amide bonds. The van der Waals surface area contributed by atoms with Crippen LogP contribution in [0.4, 0.5) is 5.82 Å². The first-order chi connectivity index (χ1) is 20.0. The number of fused-ring (bicyclic) bond motifs is 1. The van der Waals surface area contributed by atoms with Crippen molar-refractivity contribution in [3.05, 3.63) is 23.5 Å². The van der Waals surface area contributed by atoms with E-state index in [1.807, 2.05) is 0 Å². The number of anilines is 1. The molecule has 2 aromatic rings. The van der Waals surface area contributed by atoms with Gasteiger partial charge in [-0.15, -0.1) is 0 Å². The number of hydrogen-bond donors (Lipinski definition) is 3. The molecule has 1 aromatic heterocycles. The fourth-order valence-corrected chi connectivity index (χ4v) is 6.36. The number of nitrogens with zero attached hydrogens (tertiary/aromatic N) is 4. The molecule has 0 bridgehead atoms. The number of ether oxygens (including phenoxy) is 1. The standard InChI is InChI=1S/C30H47N5O2.CHNS/c1-22(2)35-16-11-25(12-17-35)31-30-26-19-24(21-36)28(37-18-8-15-34-13-6-7-14-34)20-27(26)32-29(33-30)23-9-4-3-5-10-23;2-1-3/h19-20,22-23,25,36H,3-18,21H2,1-2H3,(H,31,32,33);2H/i/hT. The lowest BCUT2D eigenvalue weighted by Gasteiger charge is -2.35. The van der Waals surface area contributed by atoms with Crippen molar-refractivity contribution >= 4 is 34.1 Å². The molecule has 9 heteroatoms. The second-order valence-electron chi connectivity index (χ2n) is 11.8. The molecule has 3 fully saturated rings. The fourth-order valence-electron chi connectivity index (χ4n) is 6.36. The maximum absolute atomic E-state index is 10.2. The van der Waals surface area contributed by atoms with Crippen LogP contribution in [0.2, 0.25) is 1.41 Å². The predicted octanol–water partition coefficient (Wildman–Crippen LogP) is 5.99. The molecule has 1 saturated carbocycles. The number of thiocarbonyl (C=S) groups is 1. The summed E-state index contributed by atoms with van der Waals surface area (Å²) < 4.78 is 12.1. The summed E-state index contributed by atoms with van der Waals surface area (Å²) in [5.41, 5.74) is 1.75. The maximum atomic E-state index is 10.2. The van der Waals surface area contributed by atoms with Crippen LogP contribution in [-0.4, -0.2) is 81.4 Å². The Kier molecular flexibility index (Phi) is 11.5. The molecule has 0 radical (unpaired) electrons. The van der Waals surface area contributed by atoms with Crippen molar-refractivity contribution in [1.29, 1.82) is 5.40 Å². The fraction of sp³-hybridized carbons (Fsp3) is 0.710. The minimum Gasteiger partial charge on any atom is -0.493 e. The molecule has 0 atom stereocenters. The highest BCUT2D eigenvalue weighted by Gasteiger charge is 2.25. The second-order valence-corrected chi connectivity index (χ2v) is 12.0. The number of aliphatic hydroxyl groups is 1. The Morgan fingerprint density at radius 2 is 1.82 bits per heavy atom. The third kappa shape index (κ3) is 8.43. The average molecular weight is 571 g/mol. The van der Waals surface area contributed by atoms with Crippen LogP contribution in [0.3, 0.4) is 0 Å². The zero-order chi connectivity index (χ0) is 29.0. The number of aromatic nitrogens is 2. The van der Waals surface area contributed by atoms with Crippen LogP contribution in [-0.2, 0) is 6.61 Å². The summed E-state index contributed by atoms with van der Waals surface area (Å²) in [4.78, 5) is 15.3. The van der Waals surface area contributed by atoms with Crippen molar-refractivity contribution < 1.29 is 11.3 Å². The Bertz CT molecular complexity index is 1140. The molecular weight excluding hydrogens is 520 g/mol. The smallest absolute Gasteiger partial charge is 0.200 e. The lowest BCUT2D eigenvalue weighted by molar-refractivity contribution is 0.177. The van der Waals surface area contributed by atoms with Crippen LogP contribution in [0.25, 0.3) is 10.9 Å². The van der Waals surface area contributed by atoms with Gasteiger partial charge in [-0.3, -0.25) is 0 Å². The topological polar surface area (TPSA) is 97.6 Å². The number of piperidine rings is 1. The molecule has 2 saturated heterocycles. The van der Waals surface area contributed by atoms with Gasteiger partial charge in [-0.2, -0.15) is 0 Å². The van der Waals surface area contributed by atoms with E-state index < -0.39 is 0 Å². The molecule has 0 unspecified atom stereocenters. The maximum Gasteiger partial charge on any atom is 0.200 e. The highest BCUT2D eigenvalue weighted by molar-refractivity contribution is 7.78. The highest BCUT2D eigenvalue weighted by atomic mass is 32.1. The largest absolute Gasteiger partial charge is 0.493 e. The number of rotatable bonds is 10. The quantitative estimate of drug-likeness (QED) is 0.182. The number of isothiocyanates is 1. The number of benzene rings is 1. The molecule has 3 N–H and O–H groups in total. The van der Waals surface area contributed by atoms with Crippen LogP contribution in [0.5, 0.6) is 5.75 Å². The zero-order valence-electron chi connectivity index (χ0n) is 25.4. The van der Waals surface area contributed by atoms with E-state index in [1.54, 1.807) is 5.16 Å². The van der Waals surface area contributed by atoms with E-state index in [4.69, 9.17) is 16.1 Å². The molecular formula is C31H48N6O2S. The van der Waals surface area contributed by atoms with Crippen molar-refractivity contribution in [2.24, 2.45) is 0 Å². The van der Waals surface area contributed by atoms with Gasteiger partial charge in [-0.05, 0) is 90.2 Å². The summed E-state index contributed by atoms with van der Waals surface area (Å²) >= 11 is 3.95. The molecule has 8 nitrogen and oxygen atoms in total. The number of likely N-dealkylation sites (tertiary alicyclic amines) is 2. The molecule has 220 valence electrons. The average Bonchev–Trinajstić information content (AvgIpc) is 3.53. The van der Waals surface area contributed by atoms with Gasteiger partial charge in [0.2, 0.25) is 0 Å². The summed E-state index contributed by atoms with van der Waals surface area (Å²) in [6.45, 7) is 10.9. The summed E-state index contributed by atoms with van der Waals surface area (Å²) in [5, 5.41) is 19.4. The Morgan fingerprint density at radius 1 is 1.10 bits per heavy atom. The van der Waals surface area contributed by atoms with Crippen LogP contribution in [0.1, 0.15) is 95.4 Å².